The Bertz CT molecular complexity index is 960. The van der Waals surface area contributed by atoms with Crippen molar-refractivity contribution in [2.45, 2.75) is 25.4 Å². The molecule has 1 saturated heterocycles. The summed E-state index contributed by atoms with van der Waals surface area (Å²) in [5.41, 5.74) is 2.00. The summed E-state index contributed by atoms with van der Waals surface area (Å²) in [7, 11) is 0. The molecule has 1 aromatic heterocycles. The first kappa shape index (κ1) is 19.7. The highest BCUT2D eigenvalue weighted by Gasteiger charge is 2.43. The van der Waals surface area contributed by atoms with Gasteiger partial charge in [-0.25, -0.2) is 4.98 Å². The van der Waals surface area contributed by atoms with Gasteiger partial charge in [-0.1, -0.05) is 35.6 Å². The standard InChI is InChI=1S/C21H19F3N2O2S/c22-21(23,24)19(27)26-11-9-15(10-12-26)13-14-5-7-16(8-6-14)28-20-25-17-3-1-2-4-18(17)29-20/h1-8,15H,9-13H2. The summed E-state index contributed by atoms with van der Waals surface area (Å²) < 4.78 is 44.5. The number of ether oxygens (including phenoxy) is 1. The number of benzene rings is 2. The molecular formula is C21H19F3N2O2S. The summed E-state index contributed by atoms with van der Waals surface area (Å²) in [5.74, 6) is -0.769. The van der Waals surface area contributed by atoms with Crippen LogP contribution in [0.2, 0.25) is 0 Å². The lowest BCUT2D eigenvalue weighted by Crippen LogP contribution is -2.45. The van der Waals surface area contributed by atoms with Crippen LogP contribution < -0.4 is 4.74 Å². The number of carbonyl (C=O) groups excluding carboxylic acids is 1. The number of halogens is 3. The lowest BCUT2D eigenvalue weighted by molar-refractivity contribution is -0.186. The van der Waals surface area contributed by atoms with E-state index in [0.717, 1.165) is 27.1 Å². The highest BCUT2D eigenvalue weighted by molar-refractivity contribution is 7.20. The molecule has 2 heterocycles. The molecule has 2 aromatic carbocycles. The minimum atomic E-state index is -4.79. The first-order chi connectivity index (χ1) is 13.9. The van der Waals surface area contributed by atoms with Crippen molar-refractivity contribution in [1.82, 2.24) is 9.88 Å². The lowest BCUT2D eigenvalue weighted by atomic mass is 9.90. The quantitative estimate of drug-likeness (QED) is 0.565. The zero-order valence-corrected chi connectivity index (χ0v) is 16.3. The van der Waals surface area contributed by atoms with Gasteiger partial charge >= 0.3 is 12.1 Å². The van der Waals surface area contributed by atoms with E-state index < -0.39 is 12.1 Å². The molecular weight excluding hydrogens is 401 g/mol. The predicted octanol–water partition coefficient (Wildman–Crippen LogP) is 5.43. The molecule has 29 heavy (non-hydrogen) atoms. The van der Waals surface area contributed by atoms with E-state index in [2.05, 4.69) is 4.98 Å². The molecule has 4 nitrogen and oxygen atoms in total. The smallest absolute Gasteiger partial charge is 0.431 e. The summed E-state index contributed by atoms with van der Waals surface area (Å²) in [6, 6.07) is 15.5. The Hall–Kier alpha value is -2.61. The number of alkyl halides is 3. The van der Waals surface area contributed by atoms with Gasteiger partial charge in [0.1, 0.15) is 5.75 Å². The maximum atomic E-state index is 12.5. The minimum absolute atomic E-state index is 0.155. The van der Waals surface area contributed by atoms with Crippen LogP contribution >= 0.6 is 11.3 Å². The average Bonchev–Trinajstić information content (AvgIpc) is 3.11. The van der Waals surface area contributed by atoms with Crippen molar-refractivity contribution in [3.63, 3.8) is 0 Å². The second-order valence-electron chi connectivity index (χ2n) is 7.13. The van der Waals surface area contributed by atoms with Gasteiger partial charge in [-0.3, -0.25) is 4.79 Å². The second-order valence-corrected chi connectivity index (χ2v) is 8.12. The van der Waals surface area contributed by atoms with Crippen LogP contribution in [0.25, 0.3) is 10.2 Å². The lowest BCUT2D eigenvalue weighted by Gasteiger charge is -2.32. The third kappa shape index (κ3) is 4.70. The van der Waals surface area contributed by atoms with E-state index in [1.165, 1.54) is 11.3 Å². The van der Waals surface area contributed by atoms with Crippen LogP contribution in [-0.2, 0) is 11.2 Å². The minimum Gasteiger partial charge on any atom is -0.431 e. The Labute approximate surface area is 169 Å². The fourth-order valence-corrected chi connectivity index (χ4v) is 4.38. The highest BCUT2D eigenvalue weighted by atomic mass is 32.1. The van der Waals surface area contributed by atoms with Crippen molar-refractivity contribution in [2.24, 2.45) is 5.92 Å². The van der Waals surface area contributed by atoms with Crippen molar-refractivity contribution in [2.75, 3.05) is 13.1 Å². The largest absolute Gasteiger partial charge is 0.471 e. The molecule has 0 saturated carbocycles. The molecule has 3 aromatic rings. The molecule has 0 radical (unpaired) electrons. The molecule has 1 aliphatic heterocycles. The summed E-state index contributed by atoms with van der Waals surface area (Å²) >= 11 is 1.48. The first-order valence-corrected chi connectivity index (χ1v) is 10.2. The molecule has 1 amide bonds. The van der Waals surface area contributed by atoms with Crippen LogP contribution in [0.3, 0.4) is 0 Å². The SMILES string of the molecule is O=C(N1CCC(Cc2ccc(Oc3nc4ccccc4s3)cc2)CC1)C(F)(F)F. The van der Waals surface area contributed by atoms with E-state index in [1.807, 2.05) is 48.5 Å². The van der Waals surface area contributed by atoms with Gasteiger partial charge in [0.15, 0.2) is 0 Å². The number of likely N-dealkylation sites (tertiary alicyclic amines) is 1. The molecule has 152 valence electrons. The number of nitrogens with zero attached hydrogens (tertiary/aromatic N) is 2. The van der Waals surface area contributed by atoms with Crippen LogP contribution in [0, 0.1) is 5.92 Å². The Morgan fingerprint density at radius 2 is 1.79 bits per heavy atom. The van der Waals surface area contributed by atoms with E-state index in [-0.39, 0.29) is 19.0 Å². The van der Waals surface area contributed by atoms with Gasteiger partial charge in [-0.15, -0.1) is 0 Å². The number of para-hydroxylation sites is 1. The monoisotopic (exact) mass is 420 g/mol. The number of fused-ring (bicyclic) bond motifs is 1. The number of piperidine rings is 1. The van der Waals surface area contributed by atoms with E-state index in [4.69, 9.17) is 4.74 Å². The van der Waals surface area contributed by atoms with Crippen molar-refractivity contribution < 1.29 is 22.7 Å². The van der Waals surface area contributed by atoms with Crippen molar-refractivity contribution in [1.29, 1.82) is 0 Å². The summed E-state index contributed by atoms with van der Waals surface area (Å²) in [5, 5.41) is 0.584. The molecule has 0 atom stereocenters. The number of aromatic nitrogens is 1. The van der Waals surface area contributed by atoms with E-state index in [1.54, 1.807) is 0 Å². The van der Waals surface area contributed by atoms with Crippen LogP contribution in [-0.4, -0.2) is 35.1 Å². The zero-order valence-electron chi connectivity index (χ0n) is 15.5. The van der Waals surface area contributed by atoms with Crippen molar-refractivity contribution in [3.8, 4) is 10.9 Å². The van der Waals surface area contributed by atoms with Gasteiger partial charge in [0.2, 0.25) is 0 Å². The molecule has 0 N–H and O–H groups in total. The zero-order chi connectivity index (χ0) is 20.4. The normalized spacial score (nSPS) is 15.6. The van der Waals surface area contributed by atoms with Crippen LogP contribution in [0.4, 0.5) is 13.2 Å². The van der Waals surface area contributed by atoms with Gasteiger partial charge < -0.3 is 9.64 Å². The number of rotatable bonds is 4. The molecule has 0 unspecified atom stereocenters. The Kier molecular flexibility index (Phi) is 5.45. The van der Waals surface area contributed by atoms with Crippen molar-refractivity contribution >= 4 is 27.5 Å². The number of carbonyl (C=O) groups is 1. The van der Waals surface area contributed by atoms with E-state index in [0.29, 0.717) is 23.8 Å². The number of amides is 1. The topological polar surface area (TPSA) is 42.4 Å². The van der Waals surface area contributed by atoms with Crippen molar-refractivity contribution in [3.05, 3.63) is 54.1 Å². The molecule has 8 heteroatoms. The third-order valence-corrected chi connectivity index (χ3v) is 5.99. The maximum absolute atomic E-state index is 12.5. The molecule has 0 aliphatic carbocycles. The summed E-state index contributed by atoms with van der Waals surface area (Å²) in [6.07, 6.45) is -2.86. The molecule has 4 rings (SSSR count). The fourth-order valence-electron chi connectivity index (χ4n) is 3.54. The fraction of sp³-hybridized carbons (Fsp3) is 0.333. The van der Waals surface area contributed by atoms with Gasteiger partial charge in [-0.05, 0) is 55.0 Å². The Balaban J connectivity index is 1.31. The molecule has 1 aliphatic rings. The van der Waals surface area contributed by atoms with Gasteiger partial charge in [0.25, 0.3) is 5.19 Å². The molecule has 0 spiro atoms. The Morgan fingerprint density at radius 1 is 1.10 bits per heavy atom. The number of thiazole rings is 1. The third-order valence-electron chi connectivity index (χ3n) is 5.07. The van der Waals surface area contributed by atoms with Crippen LogP contribution in [0.5, 0.6) is 10.9 Å². The molecule has 0 bridgehead atoms. The Morgan fingerprint density at radius 3 is 2.45 bits per heavy atom. The summed E-state index contributed by atoms with van der Waals surface area (Å²) in [4.78, 5) is 16.7. The summed E-state index contributed by atoms with van der Waals surface area (Å²) in [6.45, 7) is 0.309. The first-order valence-electron chi connectivity index (χ1n) is 9.37. The predicted molar refractivity (Wildman–Crippen MR) is 105 cm³/mol. The van der Waals surface area contributed by atoms with Gasteiger partial charge in [-0.2, -0.15) is 13.2 Å². The van der Waals surface area contributed by atoms with E-state index >= 15 is 0 Å². The van der Waals surface area contributed by atoms with E-state index in [9.17, 15) is 18.0 Å². The number of hydrogen-bond acceptors (Lipinski definition) is 4. The second kappa shape index (κ2) is 8.02. The number of hydrogen-bond donors (Lipinski definition) is 0. The van der Waals surface area contributed by atoms with Gasteiger partial charge in [0, 0.05) is 13.1 Å². The van der Waals surface area contributed by atoms with Crippen LogP contribution in [0.15, 0.2) is 48.5 Å². The maximum Gasteiger partial charge on any atom is 0.471 e. The average molecular weight is 420 g/mol. The molecule has 1 fully saturated rings. The van der Waals surface area contributed by atoms with Crippen LogP contribution in [0.1, 0.15) is 18.4 Å². The van der Waals surface area contributed by atoms with Gasteiger partial charge in [0.05, 0.1) is 10.2 Å². The highest BCUT2D eigenvalue weighted by Crippen LogP contribution is 2.32.